The Kier molecular flexibility index (Phi) is 3.93. The summed E-state index contributed by atoms with van der Waals surface area (Å²) in [6, 6.07) is 4.42. The third kappa shape index (κ3) is 3.14. The normalized spacial score (nSPS) is 11.5. The van der Waals surface area contributed by atoms with Gasteiger partial charge in [0, 0.05) is 18.0 Å². The first kappa shape index (κ1) is 14.0. The van der Waals surface area contributed by atoms with E-state index in [1.54, 1.807) is 19.1 Å². The van der Waals surface area contributed by atoms with Gasteiger partial charge in [0.1, 0.15) is 17.3 Å². The van der Waals surface area contributed by atoms with Crippen LogP contribution in [-0.4, -0.2) is 18.5 Å². The zero-order valence-corrected chi connectivity index (χ0v) is 12.3. The first-order valence-electron chi connectivity index (χ1n) is 5.27. The van der Waals surface area contributed by atoms with Crippen molar-refractivity contribution in [2.24, 2.45) is 0 Å². The average molecular weight is 347 g/mol. The van der Waals surface area contributed by atoms with Gasteiger partial charge >= 0.3 is 0 Å². The number of aliphatic hydroxyl groups excluding tert-OH is 1. The molecule has 0 saturated carbocycles. The highest BCUT2D eigenvalue weighted by molar-refractivity contribution is 9.10. The van der Waals surface area contributed by atoms with Gasteiger partial charge in [-0.25, -0.2) is 8.42 Å². The van der Waals surface area contributed by atoms with Gasteiger partial charge in [-0.15, -0.1) is 0 Å². The van der Waals surface area contributed by atoms with Gasteiger partial charge < -0.3 is 9.52 Å². The van der Waals surface area contributed by atoms with Crippen LogP contribution in [0, 0.1) is 6.92 Å². The Balaban J connectivity index is 2.34. The summed E-state index contributed by atoms with van der Waals surface area (Å²) in [5.74, 6) is 0.165. The van der Waals surface area contributed by atoms with Crippen LogP contribution < -0.4 is 4.72 Å². The maximum absolute atomic E-state index is 12.2. The zero-order chi connectivity index (χ0) is 14.0. The van der Waals surface area contributed by atoms with Gasteiger partial charge in [-0.1, -0.05) is 0 Å². The second kappa shape index (κ2) is 5.32. The number of anilines is 1. The van der Waals surface area contributed by atoms with E-state index in [-0.39, 0.29) is 21.9 Å². The number of sulfonamides is 1. The molecule has 102 valence electrons. The molecule has 0 bridgehead atoms. The van der Waals surface area contributed by atoms with Gasteiger partial charge in [-0.2, -0.15) is 0 Å². The van der Waals surface area contributed by atoms with Gasteiger partial charge in [-0.3, -0.25) is 9.71 Å². The Hall–Kier alpha value is -1.38. The summed E-state index contributed by atoms with van der Waals surface area (Å²) in [6.07, 6.45) is 1.51. The lowest BCUT2D eigenvalue weighted by Gasteiger charge is -2.06. The van der Waals surface area contributed by atoms with Crippen LogP contribution in [0.2, 0.25) is 0 Å². The minimum absolute atomic E-state index is 0.0508. The fraction of sp³-hybridized carbons (Fsp3) is 0.182. The molecule has 0 fully saturated rings. The quantitative estimate of drug-likeness (QED) is 0.883. The average Bonchev–Trinajstić information content (AvgIpc) is 2.71. The lowest BCUT2D eigenvalue weighted by Crippen LogP contribution is -2.12. The molecule has 0 atom stereocenters. The number of hydrogen-bond acceptors (Lipinski definition) is 5. The van der Waals surface area contributed by atoms with E-state index < -0.39 is 10.0 Å². The van der Waals surface area contributed by atoms with Gasteiger partial charge in [0.2, 0.25) is 0 Å². The lowest BCUT2D eigenvalue weighted by molar-refractivity contribution is 0.245. The summed E-state index contributed by atoms with van der Waals surface area (Å²) in [4.78, 5) is 3.92. The molecule has 0 aromatic carbocycles. The van der Waals surface area contributed by atoms with Gasteiger partial charge in [0.15, 0.2) is 4.67 Å². The number of pyridine rings is 1. The molecule has 2 aromatic rings. The molecular weight excluding hydrogens is 336 g/mol. The first-order chi connectivity index (χ1) is 8.92. The number of halogens is 1. The van der Waals surface area contributed by atoms with E-state index in [0.717, 1.165) is 0 Å². The molecule has 19 heavy (non-hydrogen) atoms. The van der Waals surface area contributed by atoms with E-state index in [2.05, 4.69) is 25.6 Å². The molecule has 0 aliphatic heterocycles. The summed E-state index contributed by atoms with van der Waals surface area (Å²) in [5, 5.41) is 8.93. The van der Waals surface area contributed by atoms with Crippen molar-refractivity contribution in [1.82, 2.24) is 4.98 Å². The van der Waals surface area contributed by atoms with Crippen LogP contribution in [0.5, 0.6) is 0 Å². The van der Waals surface area contributed by atoms with E-state index in [1.807, 2.05) is 0 Å². The number of aliphatic hydroxyl groups is 1. The molecule has 2 N–H and O–H groups in total. The number of rotatable bonds is 4. The number of furan rings is 1. The number of aromatic nitrogens is 1. The smallest absolute Gasteiger partial charge is 0.266 e. The monoisotopic (exact) mass is 346 g/mol. The highest BCUT2D eigenvalue weighted by Crippen LogP contribution is 2.27. The van der Waals surface area contributed by atoms with Crippen molar-refractivity contribution < 1.29 is 17.9 Å². The fourth-order valence-electron chi connectivity index (χ4n) is 1.48. The lowest BCUT2D eigenvalue weighted by atomic mass is 10.3. The Bertz CT molecular complexity index is 696. The second-order valence-corrected chi connectivity index (χ2v) is 6.17. The predicted octanol–water partition coefficient (Wildman–Crippen LogP) is 2.04. The third-order valence-corrected chi connectivity index (χ3v) is 4.54. The van der Waals surface area contributed by atoms with Crippen molar-refractivity contribution in [3.05, 3.63) is 40.5 Å². The standard InChI is InChI=1S/C11H11BrN2O4S/c1-7-4-8(2-3-13-7)14-19(16,17)10-5-9(6-15)18-11(10)12/h2-5,15H,6H2,1H3,(H,13,14). The summed E-state index contributed by atoms with van der Waals surface area (Å²) >= 11 is 3.01. The minimum Gasteiger partial charge on any atom is -0.450 e. The molecule has 0 radical (unpaired) electrons. The highest BCUT2D eigenvalue weighted by atomic mass is 79.9. The summed E-state index contributed by atoms with van der Waals surface area (Å²) < 4.78 is 31.8. The Morgan fingerprint density at radius 2 is 2.21 bits per heavy atom. The van der Waals surface area contributed by atoms with Crippen LogP contribution in [0.1, 0.15) is 11.5 Å². The van der Waals surface area contributed by atoms with Crippen LogP contribution in [0.3, 0.4) is 0 Å². The largest absolute Gasteiger partial charge is 0.450 e. The van der Waals surface area contributed by atoms with Crippen LogP contribution in [0.15, 0.2) is 38.4 Å². The van der Waals surface area contributed by atoms with Crippen molar-refractivity contribution in [1.29, 1.82) is 0 Å². The molecule has 8 heteroatoms. The molecule has 0 aliphatic rings. The summed E-state index contributed by atoms with van der Waals surface area (Å²) in [7, 11) is -3.78. The Labute approximate surface area is 118 Å². The van der Waals surface area contributed by atoms with Crippen LogP contribution >= 0.6 is 15.9 Å². The molecule has 0 aliphatic carbocycles. The molecule has 6 nitrogen and oxygen atoms in total. The predicted molar refractivity (Wildman–Crippen MR) is 72.1 cm³/mol. The minimum atomic E-state index is -3.78. The molecule has 2 aromatic heterocycles. The van der Waals surface area contributed by atoms with Gasteiger partial charge in [0.05, 0.1) is 5.69 Å². The van der Waals surface area contributed by atoms with Gasteiger partial charge in [-0.05, 0) is 35.0 Å². The summed E-state index contributed by atoms with van der Waals surface area (Å²) in [6.45, 7) is 1.39. The number of hydrogen-bond donors (Lipinski definition) is 2. The van der Waals surface area contributed by atoms with E-state index in [0.29, 0.717) is 11.4 Å². The van der Waals surface area contributed by atoms with E-state index in [4.69, 9.17) is 9.52 Å². The van der Waals surface area contributed by atoms with Crippen molar-refractivity contribution in [2.45, 2.75) is 18.4 Å². The highest BCUT2D eigenvalue weighted by Gasteiger charge is 2.22. The maximum Gasteiger partial charge on any atom is 0.266 e. The van der Waals surface area contributed by atoms with E-state index in [1.165, 1.54) is 12.3 Å². The van der Waals surface area contributed by atoms with Crippen LogP contribution in [0.25, 0.3) is 0 Å². The molecule has 2 heterocycles. The zero-order valence-electron chi connectivity index (χ0n) is 9.92. The molecule has 0 amide bonds. The second-order valence-electron chi connectivity index (χ2n) is 3.80. The topological polar surface area (TPSA) is 92.4 Å². The van der Waals surface area contributed by atoms with Crippen LogP contribution in [0.4, 0.5) is 5.69 Å². The Morgan fingerprint density at radius 3 is 2.79 bits per heavy atom. The van der Waals surface area contributed by atoms with Crippen molar-refractivity contribution in [3.63, 3.8) is 0 Å². The third-order valence-electron chi connectivity index (χ3n) is 2.30. The molecule has 0 unspecified atom stereocenters. The van der Waals surface area contributed by atoms with Gasteiger partial charge in [0.25, 0.3) is 10.0 Å². The fourth-order valence-corrected chi connectivity index (χ4v) is 3.53. The van der Waals surface area contributed by atoms with E-state index >= 15 is 0 Å². The van der Waals surface area contributed by atoms with Crippen molar-refractivity contribution >= 4 is 31.6 Å². The van der Waals surface area contributed by atoms with Crippen molar-refractivity contribution in [3.8, 4) is 0 Å². The van der Waals surface area contributed by atoms with Crippen LogP contribution in [-0.2, 0) is 16.6 Å². The molecule has 0 saturated heterocycles. The molecule has 0 spiro atoms. The SMILES string of the molecule is Cc1cc(NS(=O)(=O)c2cc(CO)oc2Br)ccn1. The number of aryl methyl sites for hydroxylation is 1. The summed E-state index contributed by atoms with van der Waals surface area (Å²) in [5.41, 5.74) is 1.11. The number of nitrogens with one attached hydrogen (secondary N) is 1. The molecule has 2 rings (SSSR count). The van der Waals surface area contributed by atoms with Crippen molar-refractivity contribution in [2.75, 3.05) is 4.72 Å². The Morgan fingerprint density at radius 1 is 1.47 bits per heavy atom. The first-order valence-corrected chi connectivity index (χ1v) is 7.54. The van der Waals surface area contributed by atoms with E-state index in [9.17, 15) is 8.42 Å². The number of nitrogens with zero attached hydrogens (tertiary/aromatic N) is 1. The maximum atomic E-state index is 12.2. The molecular formula is C11H11BrN2O4S.